The number of allylic oxidation sites excluding steroid dienone is 1. The summed E-state index contributed by atoms with van der Waals surface area (Å²) in [7, 11) is 0. The fourth-order valence-corrected chi connectivity index (χ4v) is 2.15. The van der Waals surface area contributed by atoms with E-state index in [0.717, 1.165) is 18.8 Å². The Morgan fingerprint density at radius 2 is 2.27 bits per heavy atom. The molecule has 1 saturated carbocycles. The normalized spacial score (nSPS) is 28.3. The molecule has 0 aliphatic heterocycles. The molecule has 2 atom stereocenters. The highest BCUT2D eigenvalue weighted by atomic mass is 14.6. The third-order valence-corrected chi connectivity index (χ3v) is 3.50. The van der Waals surface area contributed by atoms with Crippen molar-refractivity contribution in [3.63, 3.8) is 0 Å². The molecule has 1 aliphatic carbocycles. The van der Waals surface area contributed by atoms with E-state index in [2.05, 4.69) is 39.2 Å². The third kappa shape index (κ3) is 2.74. The first-order valence-corrected chi connectivity index (χ1v) is 5.83. The van der Waals surface area contributed by atoms with Crippen LogP contribution < -0.4 is 0 Å². The van der Waals surface area contributed by atoms with Crippen LogP contribution in [-0.2, 0) is 0 Å². The van der Waals surface area contributed by atoms with Gasteiger partial charge in [0.25, 0.3) is 0 Å². The van der Waals surface area contributed by atoms with E-state index in [4.69, 9.17) is 5.26 Å². The van der Waals surface area contributed by atoms with Gasteiger partial charge in [0.05, 0.1) is 12.0 Å². The molecule has 1 nitrogen and oxygen atoms in total. The molecule has 2 unspecified atom stereocenters. The summed E-state index contributed by atoms with van der Waals surface area (Å²) in [6.07, 6.45) is 4.52. The quantitative estimate of drug-likeness (QED) is 0.618. The molecule has 1 fully saturated rings. The van der Waals surface area contributed by atoms with Gasteiger partial charge in [0.15, 0.2) is 0 Å². The smallest absolute Gasteiger partial charge is 0.0665 e. The van der Waals surface area contributed by atoms with E-state index < -0.39 is 0 Å². The molecule has 0 heterocycles. The van der Waals surface area contributed by atoms with Crippen LogP contribution in [0.15, 0.2) is 17.9 Å². The van der Waals surface area contributed by atoms with Gasteiger partial charge in [0.1, 0.15) is 0 Å². The highest BCUT2D eigenvalue weighted by Gasteiger charge is 2.52. The van der Waals surface area contributed by atoms with Gasteiger partial charge < -0.3 is 0 Å². The van der Waals surface area contributed by atoms with Crippen LogP contribution in [0.5, 0.6) is 0 Å². The lowest BCUT2D eigenvalue weighted by atomic mass is 9.91. The number of nitrogens with zero attached hydrogens (tertiary/aromatic N) is 1. The maximum absolute atomic E-state index is 8.89. The standard InChI is InChI=1S/C14H21N/c1-5-12(8-6-7-11(2)3)14(4)9-13(14)10-15/h11,13H,1,6-9H2,2-4H3. The Morgan fingerprint density at radius 1 is 1.60 bits per heavy atom. The molecule has 15 heavy (non-hydrogen) atoms. The summed E-state index contributed by atoms with van der Waals surface area (Å²) in [5.74, 6) is 0.968. The molecule has 1 rings (SSSR count). The van der Waals surface area contributed by atoms with Crippen LogP contribution in [0.25, 0.3) is 0 Å². The first-order chi connectivity index (χ1) is 7.04. The number of hydrogen-bond donors (Lipinski definition) is 0. The Labute approximate surface area is 93.5 Å². The molecule has 0 saturated heterocycles. The van der Waals surface area contributed by atoms with Gasteiger partial charge in [0.2, 0.25) is 0 Å². The SMILES string of the molecule is C=C=C(CCCC(C)C)C1(C)CC1C#N. The Bertz CT molecular complexity index is 315. The summed E-state index contributed by atoms with van der Waals surface area (Å²) in [6, 6.07) is 2.35. The summed E-state index contributed by atoms with van der Waals surface area (Å²) in [4.78, 5) is 0. The predicted octanol–water partition coefficient (Wildman–Crippen LogP) is 4.07. The van der Waals surface area contributed by atoms with Gasteiger partial charge in [-0.05, 0) is 30.8 Å². The second-order valence-corrected chi connectivity index (χ2v) is 5.24. The van der Waals surface area contributed by atoms with Crippen LogP contribution in [0.3, 0.4) is 0 Å². The van der Waals surface area contributed by atoms with Crippen LogP contribution in [0.4, 0.5) is 0 Å². The predicted molar refractivity (Wildman–Crippen MR) is 63.2 cm³/mol. The minimum absolute atomic E-state index is 0.105. The van der Waals surface area contributed by atoms with Crippen molar-refractivity contribution in [2.45, 2.75) is 46.5 Å². The fourth-order valence-electron chi connectivity index (χ4n) is 2.15. The zero-order valence-electron chi connectivity index (χ0n) is 10.1. The lowest BCUT2D eigenvalue weighted by Gasteiger charge is -2.13. The van der Waals surface area contributed by atoms with Gasteiger partial charge in [-0.3, -0.25) is 0 Å². The molecule has 0 amide bonds. The van der Waals surface area contributed by atoms with E-state index in [9.17, 15) is 0 Å². The van der Waals surface area contributed by atoms with Crippen molar-refractivity contribution in [1.29, 1.82) is 5.26 Å². The molecule has 82 valence electrons. The molecule has 0 N–H and O–H groups in total. The van der Waals surface area contributed by atoms with E-state index in [0.29, 0.717) is 0 Å². The molecule has 1 aliphatic rings. The van der Waals surface area contributed by atoms with Gasteiger partial charge in [-0.15, -0.1) is 5.73 Å². The fraction of sp³-hybridized carbons (Fsp3) is 0.714. The molecule has 0 spiro atoms. The molecule has 0 bridgehead atoms. The van der Waals surface area contributed by atoms with Gasteiger partial charge in [0, 0.05) is 5.41 Å². The Hall–Kier alpha value is -0.990. The Kier molecular flexibility index (Phi) is 3.77. The van der Waals surface area contributed by atoms with E-state index in [1.165, 1.54) is 18.4 Å². The Balaban J connectivity index is 2.47. The summed E-state index contributed by atoms with van der Waals surface area (Å²) in [6.45, 7) is 10.4. The van der Waals surface area contributed by atoms with Gasteiger partial charge in [-0.2, -0.15) is 5.26 Å². The molecular weight excluding hydrogens is 182 g/mol. The first kappa shape index (κ1) is 12.1. The zero-order valence-corrected chi connectivity index (χ0v) is 10.1. The maximum Gasteiger partial charge on any atom is 0.0665 e. The van der Waals surface area contributed by atoms with Crippen molar-refractivity contribution in [2.75, 3.05) is 0 Å². The van der Waals surface area contributed by atoms with Crippen LogP contribution in [0, 0.1) is 28.6 Å². The molecule has 0 aromatic heterocycles. The lowest BCUT2D eigenvalue weighted by molar-refractivity contribution is 0.526. The van der Waals surface area contributed by atoms with Gasteiger partial charge in [-0.1, -0.05) is 33.8 Å². The highest BCUT2D eigenvalue weighted by Crippen LogP contribution is 2.57. The molecule has 0 aromatic carbocycles. The average molecular weight is 203 g/mol. The van der Waals surface area contributed by atoms with Crippen LogP contribution in [-0.4, -0.2) is 0 Å². The summed E-state index contributed by atoms with van der Waals surface area (Å²) in [5, 5.41) is 8.89. The minimum Gasteiger partial charge on any atom is -0.198 e. The second-order valence-electron chi connectivity index (χ2n) is 5.24. The number of hydrogen-bond acceptors (Lipinski definition) is 1. The topological polar surface area (TPSA) is 23.8 Å². The van der Waals surface area contributed by atoms with Gasteiger partial charge in [-0.25, -0.2) is 0 Å². The van der Waals surface area contributed by atoms with Crippen LogP contribution in [0.1, 0.15) is 46.5 Å². The molecule has 1 heteroatoms. The molecular formula is C14H21N. The van der Waals surface area contributed by atoms with E-state index in [1.54, 1.807) is 0 Å². The van der Waals surface area contributed by atoms with E-state index in [-0.39, 0.29) is 11.3 Å². The number of nitriles is 1. The van der Waals surface area contributed by atoms with Crippen molar-refractivity contribution >= 4 is 0 Å². The molecule has 0 radical (unpaired) electrons. The monoisotopic (exact) mass is 203 g/mol. The maximum atomic E-state index is 8.89. The molecule has 0 aromatic rings. The first-order valence-electron chi connectivity index (χ1n) is 5.83. The summed E-state index contributed by atoms with van der Waals surface area (Å²) in [5.41, 5.74) is 4.44. The van der Waals surface area contributed by atoms with Crippen molar-refractivity contribution in [1.82, 2.24) is 0 Å². The highest BCUT2D eigenvalue weighted by molar-refractivity contribution is 5.27. The average Bonchev–Trinajstić information content (AvgIpc) is 2.85. The lowest BCUT2D eigenvalue weighted by Crippen LogP contribution is -2.02. The zero-order chi connectivity index (χ0) is 11.5. The minimum atomic E-state index is 0.105. The summed E-state index contributed by atoms with van der Waals surface area (Å²) < 4.78 is 0. The third-order valence-electron chi connectivity index (χ3n) is 3.50. The second kappa shape index (κ2) is 4.69. The van der Waals surface area contributed by atoms with E-state index in [1.807, 2.05) is 0 Å². The number of rotatable bonds is 5. The van der Waals surface area contributed by atoms with Crippen molar-refractivity contribution in [2.24, 2.45) is 17.3 Å². The van der Waals surface area contributed by atoms with Crippen LogP contribution >= 0.6 is 0 Å². The van der Waals surface area contributed by atoms with Crippen molar-refractivity contribution in [3.8, 4) is 6.07 Å². The van der Waals surface area contributed by atoms with Gasteiger partial charge >= 0.3 is 0 Å². The largest absolute Gasteiger partial charge is 0.198 e. The van der Waals surface area contributed by atoms with Crippen molar-refractivity contribution in [3.05, 3.63) is 17.9 Å². The Morgan fingerprint density at radius 3 is 2.67 bits per heavy atom. The van der Waals surface area contributed by atoms with Crippen molar-refractivity contribution < 1.29 is 0 Å². The van der Waals surface area contributed by atoms with Crippen LogP contribution in [0.2, 0.25) is 0 Å². The van der Waals surface area contributed by atoms with E-state index >= 15 is 0 Å². The summed E-state index contributed by atoms with van der Waals surface area (Å²) >= 11 is 0.